The standard InChI is InChI=1S/C35H36ClFN6OS/c36-32-25-33(42-19-17-40(18-20-42)16-6-9-27-7-2-1-3-8-27)39-35(38-32)45-26-28-12-14-29(15-13-28)34(44)43-23-21-41(22-24-43)31-11-5-4-10-30(31)37/h1-15,25H,16-24,26H2/b9-6+. The molecule has 2 aliphatic heterocycles. The van der Waals surface area contributed by atoms with Gasteiger partial charge >= 0.3 is 0 Å². The van der Waals surface area contributed by atoms with Crippen molar-refractivity contribution in [3.63, 3.8) is 0 Å². The van der Waals surface area contributed by atoms with E-state index in [1.165, 1.54) is 23.4 Å². The number of halogens is 2. The number of thioether (sulfide) groups is 1. The van der Waals surface area contributed by atoms with Crippen LogP contribution in [0.1, 0.15) is 21.5 Å². The molecule has 2 aliphatic rings. The number of hydrogen-bond acceptors (Lipinski definition) is 7. The molecule has 7 nitrogen and oxygen atoms in total. The number of hydrogen-bond donors (Lipinski definition) is 0. The summed E-state index contributed by atoms with van der Waals surface area (Å²) >= 11 is 7.95. The minimum Gasteiger partial charge on any atom is -0.366 e. The lowest BCUT2D eigenvalue weighted by atomic mass is 10.1. The lowest BCUT2D eigenvalue weighted by molar-refractivity contribution is 0.0746. The SMILES string of the molecule is O=C(c1ccc(CSc2nc(Cl)cc(N3CCN(C/C=C/c4ccccc4)CC3)n2)cc1)N1CCN(c2ccccc2F)CC1. The Morgan fingerprint density at radius 3 is 2.24 bits per heavy atom. The largest absolute Gasteiger partial charge is 0.366 e. The highest BCUT2D eigenvalue weighted by atomic mass is 35.5. The Kier molecular flexibility index (Phi) is 10.3. The summed E-state index contributed by atoms with van der Waals surface area (Å²) in [4.78, 5) is 30.9. The average Bonchev–Trinajstić information content (AvgIpc) is 3.08. The molecule has 10 heteroatoms. The quantitative estimate of drug-likeness (QED) is 0.120. The van der Waals surface area contributed by atoms with Gasteiger partial charge in [-0.15, -0.1) is 0 Å². The number of aromatic nitrogens is 2. The van der Waals surface area contributed by atoms with Gasteiger partial charge in [-0.1, -0.05) is 90.1 Å². The fourth-order valence-electron chi connectivity index (χ4n) is 5.61. The third-order valence-corrected chi connectivity index (χ3v) is 9.27. The second-order valence-corrected chi connectivity index (χ2v) is 12.5. The van der Waals surface area contributed by atoms with Gasteiger partial charge in [0.1, 0.15) is 16.8 Å². The maximum Gasteiger partial charge on any atom is 0.253 e. The van der Waals surface area contributed by atoms with Crippen LogP contribution in [0.5, 0.6) is 0 Å². The van der Waals surface area contributed by atoms with Crippen LogP contribution in [-0.4, -0.2) is 84.6 Å². The zero-order valence-electron chi connectivity index (χ0n) is 25.1. The number of anilines is 2. The molecule has 0 bridgehead atoms. The van der Waals surface area contributed by atoms with Crippen molar-refractivity contribution in [1.29, 1.82) is 0 Å². The molecule has 2 saturated heterocycles. The molecule has 0 radical (unpaired) electrons. The normalized spacial score (nSPS) is 16.0. The topological polar surface area (TPSA) is 55.8 Å². The summed E-state index contributed by atoms with van der Waals surface area (Å²) in [6.45, 7) is 6.90. The zero-order chi connectivity index (χ0) is 31.0. The van der Waals surface area contributed by atoms with Crippen LogP contribution in [0.3, 0.4) is 0 Å². The molecule has 6 rings (SSSR count). The summed E-state index contributed by atoms with van der Waals surface area (Å²) in [6.07, 6.45) is 4.39. The van der Waals surface area contributed by atoms with Crippen LogP contribution < -0.4 is 9.80 Å². The fourth-order valence-corrected chi connectivity index (χ4v) is 6.64. The highest BCUT2D eigenvalue weighted by molar-refractivity contribution is 7.98. The second kappa shape index (κ2) is 14.9. The van der Waals surface area contributed by atoms with Crippen LogP contribution in [0, 0.1) is 5.82 Å². The number of para-hydroxylation sites is 1. The van der Waals surface area contributed by atoms with E-state index in [9.17, 15) is 9.18 Å². The smallest absolute Gasteiger partial charge is 0.253 e. The van der Waals surface area contributed by atoms with E-state index >= 15 is 0 Å². The fraction of sp³-hybridized carbons (Fsp3) is 0.286. The molecule has 1 aromatic heterocycles. The molecule has 0 aliphatic carbocycles. The maximum absolute atomic E-state index is 14.2. The molecule has 2 fully saturated rings. The number of piperazine rings is 2. The van der Waals surface area contributed by atoms with E-state index in [1.807, 2.05) is 52.3 Å². The van der Waals surface area contributed by atoms with Crippen molar-refractivity contribution >= 4 is 46.9 Å². The van der Waals surface area contributed by atoms with Gasteiger partial charge in [0.05, 0.1) is 5.69 Å². The molecule has 45 heavy (non-hydrogen) atoms. The van der Waals surface area contributed by atoms with Gasteiger partial charge in [0.2, 0.25) is 0 Å². The van der Waals surface area contributed by atoms with Crippen LogP contribution in [0.2, 0.25) is 5.15 Å². The van der Waals surface area contributed by atoms with Gasteiger partial charge in [0.25, 0.3) is 5.91 Å². The van der Waals surface area contributed by atoms with E-state index in [4.69, 9.17) is 16.6 Å². The first-order chi connectivity index (χ1) is 22.0. The molecule has 4 aromatic rings. The van der Waals surface area contributed by atoms with E-state index in [-0.39, 0.29) is 11.7 Å². The highest BCUT2D eigenvalue weighted by Crippen LogP contribution is 2.26. The molecule has 1 amide bonds. The van der Waals surface area contributed by atoms with Crippen molar-refractivity contribution in [3.05, 3.63) is 119 Å². The number of nitrogens with zero attached hydrogens (tertiary/aromatic N) is 6. The molecule has 3 aromatic carbocycles. The van der Waals surface area contributed by atoms with E-state index in [2.05, 4.69) is 51.2 Å². The van der Waals surface area contributed by atoms with Gasteiger partial charge in [0, 0.05) is 76.3 Å². The zero-order valence-corrected chi connectivity index (χ0v) is 26.6. The van der Waals surface area contributed by atoms with Crippen molar-refractivity contribution in [1.82, 2.24) is 19.8 Å². The number of amides is 1. The van der Waals surface area contributed by atoms with Crippen LogP contribution >= 0.6 is 23.4 Å². The Balaban J connectivity index is 0.976. The summed E-state index contributed by atoms with van der Waals surface area (Å²) < 4.78 is 14.2. The summed E-state index contributed by atoms with van der Waals surface area (Å²) in [5, 5.41) is 1.07. The monoisotopic (exact) mass is 642 g/mol. The second-order valence-electron chi connectivity index (χ2n) is 11.1. The maximum atomic E-state index is 14.2. The number of benzene rings is 3. The first kappa shape index (κ1) is 31.1. The summed E-state index contributed by atoms with van der Waals surface area (Å²) in [7, 11) is 0. The van der Waals surface area contributed by atoms with Crippen LogP contribution in [0.25, 0.3) is 6.08 Å². The molecule has 0 spiro atoms. The van der Waals surface area contributed by atoms with Crippen molar-refractivity contribution in [3.8, 4) is 0 Å². The third kappa shape index (κ3) is 8.22. The average molecular weight is 643 g/mol. The minimum absolute atomic E-state index is 0.00230. The Morgan fingerprint density at radius 1 is 0.822 bits per heavy atom. The van der Waals surface area contributed by atoms with Gasteiger partial charge in [-0.3, -0.25) is 9.69 Å². The van der Waals surface area contributed by atoms with Crippen LogP contribution in [0.4, 0.5) is 15.9 Å². The molecular formula is C35H36ClFN6OS. The first-order valence-corrected chi connectivity index (χ1v) is 16.6. The summed E-state index contributed by atoms with van der Waals surface area (Å²) in [5.74, 6) is 1.29. The molecule has 232 valence electrons. The van der Waals surface area contributed by atoms with E-state index in [0.29, 0.717) is 53.5 Å². The molecule has 0 unspecified atom stereocenters. The Morgan fingerprint density at radius 2 is 1.51 bits per heavy atom. The van der Waals surface area contributed by atoms with Gasteiger partial charge in [0.15, 0.2) is 5.16 Å². The number of carbonyl (C=O) groups is 1. The Hall–Kier alpha value is -3.92. The van der Waals surface area contributed by atoms with Crippen molar-refractivity contribution in [2.45, 2.75) is 10.9 Å². The molecular weight excluding hydrogens is 607 g/mol. The molecule has 0 N–H and O–H groups in total. The third-order valence-electron chi connectivity index (χ3n) is 8.16. The summed E-state index contributed by atoms with van der Waals surface area (Å²) in [6, 6.07) is 26.7. The Bertz CT molecular complexity index is 1610. The van der Waals surface area contributed by atoms with Crippen LogP contribution in [-0.2, 0) is 5.75 Å². The van der Waals surface area contributed by atoms with Crippen molar-refractivity contribution in [2.24, 2.45) is 0 Å². The van der Waals surface area contributed by atoms with E-state index in [0.717, 1.165) is 44.1 Å². The summed E-state index contributed by atoms with van der Waals surface area (Å²) in [5.41, 5.74) is 3.53. The lowest BCUT2D eigenvalue weighted by Crippen LogP contribution is -2.49. The molecule has 3 heterocycles. The van der Waals surface area contributed by atoms with Gasteiger partial charge in [-0.2, -0.15) is 0 Å². The van der Waals surface area contributed by atoms with E-state index < -0.39 is 0 Å². The van der Waals surface area contributed by atoms with Gasteiger partial charge < -0.3 is 14.7 Å². The molecule has 0 atom stereocenters. The van der Waals surface area contributed by atoms with Gasteiger partial charge in [-0.05, 0) is 35.4 Å². The van der Waals surface area contributed by atoms with Crippen LogP contribution in [0.15, 0.2) is 96.2 Å². The first-order valence-electron chi connectivity index (χ1n) is 15.3. The number of carbonyl (C=O) groups excluding carboxylic acids is 1. The Labute approximate surface area is 273 Å². The van der Waals surface area contributed by atoms with Crippen molar-refractivity contribution < 1.29 is 9.18 Å². The lowest BCUT2D eigenvalue weighted by Gasteiger charge is -2.36. The predicted octanol–water partition coefficient (Wildman–Crippen LogP) is 6.36. The highest BCUT2D eigenvalue weighted by Gasteiger charge is 2.24. The predicted molar refractivity (Wildman–Crippen MR) is 182 cm³/mol. The minimum atomic E-state index is -0.230. The van der Waals surface area contributed by atoms with E-state index in [1.54, 1.807) is 12.1 Å². The molecule has 0 saturated carbocycles. The van der Waals surface area contributed by atoms with Crippen molar-refractivity contribution in [2.75, 3.05) is 68.7 Å². The number of rotatable bonds is 9. The van der Waals surface area contributed by atoms with Gasteiger partial charge in [-0.25, -0.2) is 14.4 Å².